The van der Waals surface area contributed by atoms with Gasteiger partial charge in [-0.2, -0.15) is 13.2 Å². The highest BCUT2D eigenvalue weighted by Crippen LogP contribution is 2.60. The van der Waals surface area contributed by atoms with Gasteiger partial charge in [-0.05, 0) is 48.6 Å². The second-order valence-corrected chi connectivity index (χ2v) is 11.1. The normalized spacial score (nSPS) is 25.9. The summed E-state index contributed by atoms with van der Waals surface area (Å²) < 4.78 is 52.0. The van der Waals surface area contributed by atoms with E-state index in [1.165, 1.54) is 18.7 Å². The maximum atomic E-state index is 13.2. The second-order valence-electron chi connectivity index (χ2n) is 11.1. The molecule has 196 valence electrons. The van der Waals surface area contributed by atoms with Gasteiger partial charge < -0.3 is 14.6 Å². The van der Waals surface area contributed by atoms with Crippen LogP contribution in [-0.2, 0) is 27.7 Å². The Balaban J connectivity index is 0.00000267. The van der Waals surface area contributed by atoms with E-state index >= 15 is 0 Å². The van der Waals surface area contributed by atoms with Crippen LogP contribution >= 0.6 is 0 Å². The SMILES string of the molecule is C.CC(C)c1nc2c(c3c1[C@@H](c1ccc(C(F)(F)F)nc1)OC31CCOCC1)[C@@H](O)CC1(CCC1)C2. The smallest absolute Gasteiger partial charge is 0.388 e. The van der Waals surface area contributed by atoms with E-state index in [0.29, 0.717) is 31.6 Å². The maximum Gasteiger partial charge on any atom is 0.433 e. The van der Waals surface area contributed by atoms with E-state index in [1.807, 2.05) is 0 Å². The van der Waals surface area contributed by atoms with Crippen molar-refractivity contribution in [3.05, 3.63) is 57.7 Å². The number of halogens is 3. The van der Waals surface area contributed by atoms with E-state index in [0.717, 1.165) is 59.8 Å². The first kappa shape index (κ1) is 25.6. The number of hydrogen-bond donors (Lipinski definition) is 1. The van der Waals surface area contributed by atoms with Crippen molar-refractivity contribution in [3.8, 4) is 0 Å². The highest BCUT2D eigenvalue weighted by molar-refractivity contribution is 5.54. The molecular weight excluding hydrogens is 469 g/mol. The topological polar surface area (TPSA) is 64.5 Å². The summed E-state index contributed by atoms with van der Waals surface area (Å²) in [4.78, 5) is 8.87. The number of aliphatic hydroxyl groups is 1. The lowest BCUT2D eigenvalue weighted by Gasteiger charge is -2.48. The van der Waals surface area contributed by atoms with Crippen LogP contribution in [0.25, 0.3) is 0 Å². The molecule has 2 spiro atoms. The van der Waals surface area contributed by atoms with Crippen LogP contribution in [0, 0.1) is 5.41 Å². The second kappa shape index (κ2) is 8.77. The largest absolute Gasteiger partial charge is 0.433 e. The fourth-order valence-electron chi connectivity index (χ4n) is 6.75. The van der Waals surface area contributed by atoms with Crippen molar-refractivity contribution in [3.63, 3.8) is 0 Å². The van der Waals surface area contributed by atoms with E-state index in [4.69, 9.17) is 14.5 Å². The molecule has 2 aromatic heterocycles. The average Bonchev–Trinajstić information content (AvgIpc) is 3.11. The van der Waals surface area contributed by atoms with Crippen LogP contribution in [0.5, 0.6) is 0 Å². The Hall–Kier alpha value is -2.03. The highest BCUT2D eigenvalue weighted by Gasteiger charge is 2.54. The van der Waals surface area contributed by atoms with Crippen LogP contribution in [0.3, 0.4) is 0 Å². The molecule has 0 aromatic carbocycles. The van der Waals surface area contributed by atoms with Gasteiger partial charge in [-0.25, -0.2) is 0 Å². The monoisotopic (exact) mass is 504 g/mol. The van der Waals surface area contributed by atoms with Crippen molar-refractivity contribution in [2.75, 3.05) is 13.2 Å². The first-order valence-electron chi connectivity index (χ1n) is 12.7. The van der Waals surface area contributed by atoms with E-state index in [9.17, 15) is 18.3 Å². The lowest BCUT2D eigenvalue weighted by atomic mass is 9.58. The van der Waals surface area contributed by atoms with Crippen molar-refractivity contribution < 1.29 is 27.8 Å². The Labute approximate surface area is 210 Å². The molecule has 4 heterocycles. The molecule has 4 aliphatic rings. The summed E-state index contributed by atoms with van der Waals surface area (Å²) in [7, 11) is 0. The molecule has 1 N–H and O–H groups in total. The van der Waals surface area contributed by atoms with Crippen molar-refractivity contribution in [2.24, 2.45) is 5.41 Å². The van der Waals surface area contributed by atoms with Gasteiger partial charge in [0, 0.05) is 60.3 Å². The van der Waals surface area contributed by atoms with Crippen molar-refractivity contribution in [1.29, 1.82) is 0 Å². The summed E-state index contributed by atoms with van der Waals surface area (Å²) in [6.45, 7) is 5.24. The third kappa shape index (κ3) is 3.87. The number of aliphatic hydroxyl groups excluding tert-OH is 1. The van der Waals surface area contributed by atoms with Crippen LogP contribution in [0.4, 0.5) is 13.2 Å². The predicted molar refractivity (Wildman–Crippen MR) is 129 cm³/mol. The Morgan fingerprint density at radius 3 is 2.36 bits per heavy atom. The first-order chi connectivity index (χ1) is 16.6. The summed E-state index contributed by atoms with van der Waals surface area (Å²) in [5, 5.41) is 11.5. The average molecular weight is 505 g/mol. The molecule has 2 aliphatic heterocycles. The number of fused-ring (bicyclic) bond motifs is 4. The van der Waals surface area contributed by atoms with Gasteiger partial charge >= 0.3 is 6.18 Å². The third-order valence-corrected chi connectivity index (χ3v) is 8.59. The Morgan fingerprint density at radius 2 is 1.81 bits per heavy atom. The van der Waals surface area contributed by atoms with Crippen molar-refractivity contribution in [1.82, 2.24) is 9.97 Å². The number of alkyl halides is 3. The molecule has 6 rings (SSSR count). The van der Waals surface area contributed by atoms with Crippen LogP contribution in [0.2, 0.25) is 0 Å². The first-order valence-corrected chi connectivity index (χ1v) is 12.7. The van der Waals surface area contributed by atoms with E-state index in [2.05, 4.69) is 18.8 Å². The summed E-state index contributed by atoms with van der Waals surface area (Å²) in [6.07, 6.45) is 1.88. The molecule has 0 amide bonds. The minimum absolute atomic E-state index is 0. The molecule has 1 saturated carbocycles. The summed E-state index contributed by atoms with van der Waals surface area (Å²) in [6, 6.07) is 2.48. The minimum Gasteiger partial charge on any atom is -0.388 e. The number of pyridine rings is 2. The molecule has 0 bridgehead atoms. The van der Waals surface area contributed by atoms with Gasteiger partial charge in [0.15, 0.2) is 0 Å². The lowest BCUT2D eigenvalue weighted by Crippen LogP contribution is -2.40. The number of rotatable bonds is 2. The molecule has 0 unspecified atom stereocenters. The fourth-order valence-corrected chi connectivity index (χ4v) is 6.75. The van der Waals surface area contributed by atoms with Gasteiger partial charge in [0.2, 0.25) is 0 Å². The van der Waals surface area contributed by atoms with E-state index in [1.54, 1.807) is 0 Å². The van der Waals surface area contributed by atoms with E-state index in [-0.39, 0.29) is 18.8 Å². The molecule has 5 nitrogen and oxygen atoms in total. The highest BCUT2D eigenvalue weighted by atomic mass is 19.4. The Bertz CT molecular complexity index is 1140. The molecule has 8 heteroatoms. The van der Waals surface area contributed by atoms with Gasteiger partial charge in [0.1, 0.15) is 11.8 Å². The molecule has 0 radical (unpaired) electrons. The molecular formula is C28H35F3N2O3. The van der Waals surface area contributed by atoms with Crippen LogP contribution in [0.1, 0.15) is 117 Å². The standard InChI is InChI=1S/C27H31F3N2O3.CH4/c1-15(2)23-21-22(20-17(32-23)12-25(6-3-7-25)13-18(20)33)26(8-10-34-11-9-26)35-24(21)16-4-5-19(31-14-16)27(28,29)30;/h4-5,14-15,18,24,33H,3,6-13H2,1-2H3;1H4/t18-,24+;/m0./s1. The molecule has 2 atom stereocenters. The number of ether oxygens (including phenoxy) is 2. The van der Waals surface area contributed by atoms with Gasteiger partial charge in [-0.1, -0.05) is 33.8 Å². The number of hydrogen-bond acceptors (Lipinski definition) is 5. The van der Waals surface area contributed by atoms with Crippen molar-refractivity contribution >= 4 is 0 Å². The quantitative estimate of drug-likeness (QED) is 0.504. The summed E-state index contributed by atoms with van der Waals surface area (Å²) in [5.74, 6) is 0.0916. The third-order valence-electron chi connectivity index (χ3n) is 8.59. The molecule has 2 aromatic rings. The van der Waals surface area contributed by atoms with Gasteiger partial charge in [-0.15, -0.1) is 0 Å². The number of nitrogens with zero attached hydrogens (tertiary/aromatic N) is 2. The number of aromatic nitrogens is 2. The van der Waals surface area contributed by atoms with Crippen LogP contribution in [-0.4, -0.2) is 28.3 Å². The Morgan fingerprint density at radius 1 is 1.08 bits per heavy atom. The van der Waals surface area contributed by atoms with Gasteiger partial charge in [0.05, 0.1) is 11.7 Å². The predicted octanol–water partition coefficient (Wildman–Crippen LogP) is 6.53. The van der Waals surface area contributed by atoms with Crippen LogP contribution in [0.15, 0.2) is 18.3 Å². The van der Waals surface area contributed by atoms with Crippen molar-refractivity contribution in [2.45, 2.75) is 96.1 Å². The molecule has 2 aliphatic carbocycles. The molecule has 1 saturated heterocycles. The zero-order valence-corrected chi connectivity index (χ0v) is 20.1. The zero-order chi connectivity index (χ0) is 24.6. The minimum atomic E-state index is -4.50. The zero-order valence-electron chi connectivity index (χ0n) is 20.1. The van der Waals surface area contributed by atoms with Gasteiger partial charge in [-0.3, -0.25) is 9.97 Å². The fraction of sp³-hybridized carbons (Fsp3) is 0.643. The molecule has 2 fully saturated rings. The van der Waals surface area contributed by atoms with E-state index < -0.39 is 29.7 Å². The van der Waals surface area contributed by atoms with Crippen LogP contribution < -0.4 is 0 Å². The Kier molecular flexibility index (Phi) is 6.24. The lowest BCUT2D eigenvalue weighted by molar-refractivity contribution is -0.141. The maximum absolute atomic E-state index is 13.2. The van der Waals surface area contributed by atoms with Gasteiger partial charge in [0.25, 0.3) is 0 Å². The summed E-state index contributed by atoms with van der Waals surface area (Å²) >= 11 is 0. The molecule has 36 heavy (non-hydrogen) atoms. The summed E-state index contributed by atoms with van der Waals surface area (Å²) in [5.41, 5.74) is 3.85.